The van der Waals surface area contributed by atoms with Crippen LogP contribution in [0.3, 0.4) is 0 Å². The Morgan fingerprint density at radius 2 is 1.71 bits per heavy atom. The molecule has 1 aromatic carbocycles. The van der Waals surface area contributed by atoms with Crippen LogP contribution in [0.25, 0.3) is 0 Å². The van der Waals surface area contributed by atoms with Crippen molar-refractivity contribution in [3.8, 4) is 0 Å². The molecule has 2 aliphatic rings. The van der Waals surface area contributed by atoms with Gasteiger partial charge in [-0.15, -0.1) is 11.3 Å². The highest BCUT2D eigenvalue weighted by Crippen LogP contribution is 2.29. The SMILES string of the molecule is CC(C)CC(N=O)C(O)C(CC1CCCCC1)NC(=O)C(Cc1cscn1)NC(=O)C(Cc1ccccc1)CS(=O)(=O)N1CCN(C)CC1. The number of rotatable bonds is 18. The first-order valence-electron chi connectivity index (χ1n) is 17.6. The van der Waals surface area contributed by atoms with Gasteiger partial charge in [0.1, 0.15) is 12.1 Å². The normalized spacial score (nSPS) is 19.9. The van der Waals surface area contributed by atoms with Gasteiger partial charge in [0, 0.05) is 38.0 Å². The maximum absolute atomic E-state index is 14.1. The zero-order valence-electron chi connectivity index (χ0n) is 29.1. The van der Waals surface area contributed by atoms with Gasteiger partial charge in [-0.2, -0.15) is 9.21 Å². The lowest BCUT2D eigenvalue weighted by Crippen LogP contribution is -2.57. The van der Waals surface area contributed by atoms with Crippen molar-refractivity contribution in [3.63, 3.8) is 0 Å². The summed E-state index contributed by atoms with van der Waals surface area (Å²) in [7, 11) is -1.84. The van der Waals surface area contributed by atoms with Gasteiger partial charge in [-0.3, -0.25) is 9.59 Å². The van der Waals surface area contributed by atoms with Crippen LogP contribution in [-0.2, 0) is 32.5 Å². The molecular formula is C35H54N6O6S2. The second-order valence-corrected chi connectivity index (χ2v) is 17.0. The van der Waals surface area contributed by atoms with E-state index in [9.17, 15) is 28.0 Å². The predicted molar refractivity (Wildman–Crippen MR) is 192 cm³/mol. The van der Waals surface area contributed by atoms with Crippen molar-refractivity contribution < 1.29 is 23.1 Å². The molecule has 2 aromatic rings. The van der Waals surface area contributed by atoms with Crippen molar-refractivity contribution in [1.29, 1.82) is 0 Å². The molecule has 14 heteroatoms. The molecule has 5 atom stereocenters. The smallest absolute Gasteiger partial charge is 0.243 e. The van der Waals surface area contributed by atoms with Crippen molar-refractivity contribution in [2.24, 2.45) is 22.9 Å². The van der Waals surface area contributed by atoms with E-state index in [4.69, 9.17) is 0 Å². The Bertz CT molecular complexity index is 1410. The quantitative estimate of drug-likeness (QED) is 0.197. The Morgan fingerprint density at radius 1 is 1.02 bits per heavy atom. The fraction of sp³-hybridized carbons (Fsp3) is 0.686. The first kappa shape index (κ1) is 39.0. The number of likely N-dealkylation sites (N-methyl/N-ethyl adjacent to an activating group) is 1. The van der Waals surface area contributed by atoms with Gasteiger partial charge in [-0.25, -0.2) is 13.4 Å². The number of nitrogens with one attached hydrogen (secondary N) is 2. The Kier molecular flexibility index (Phi) is 15.1. The van der Waals surface area contributed by atoms with Crippen molar-refractivity contribution in [3.05, 3.63) is 57.4 Å². The first-order valence-corrected chi connectivity index (χ1v) is 20.2. The summed E-state index contributed by atoms with van der Waals surface area (Å²) in [5.41, 5.74) is 3.06. The number of amides is 2. The number of benzene rings is 1. The summed E-state index contributed by atoms with van der Waals surface area (Å²) in [6.45, 7) is 5.83. The zero-order chi connectivity index (χ0) is 35.4. The van der Waals surface area contributed by atoms with Crippen LogP contribution in [0.15, 0.2) is 46.4 Å². The van der Waals surface area contributed by atoms with Gasteiger partial charge in [-0.05, 0) is 43.7 Å². The number of carbonyl (C=O) groups is 2. The molecule has 1 aromatic heterocycles. The van der Waals surface area contributed by atoms with E-state index in [1.807, 2.05) is 51.2 Å². The third-order valence-corrected chi connectivity index (χ3v) is 12.4. The van der Waals surface area contributed by atoms with Crippen molar-refractivity contribution in [2.75, 3.05) is 39.0 Å². The third-order valence-electron chi connectivity index (χ3n) is 9.79. The van der Waals surface area contributed by atoms with Crippen LogP contribution in [0.4, 0.5) is 0 Å². The minimum Gasteiger partial charge on any atom is -0.389 e. The topological polar surface area (TPSA) is 161 Å². The Morgan fingerprint density at radius 3 is 2.33 bits per heavy atom. The molecule has 2 amide bonds. The first-order chi connectivity index (χ1) is 23.4. The number of aliphatic hydroxyl groups excluding tert-OH is 1. The molecule has 1 aliphatic carbocycles. The summed E-state index contributed by atoms with van der Waals surface area (Å²) in [6.07, 6.45) is 5.19. The molecule has 2 heterocycles. The number of sulfonamides is 1. The molecule has 12 nitrogen and oxygen atoms in total. The second-order valence-electron chi connectivity index (χ2n) is 14.3. The molecule has 49 heavy (non-hydrogen) atoms. The van der Waals surface area contributed by atoms with Gasteiger partial charge in [0.25, 0.3) is 0 Å². The summed E-state index contributed by atoms with van der Waals surface area (Å²) < 4.78 is 28.7. The molecule has 0 bridgehead atoms. The average molecular weight is 719 g/mol. The van der Waals surface area contributed by atoms with E-state index < -0.39 is 57.7 Å². The Balaban J connectivity index is 1.58. The standard InChI is InChI=1S/C35H54N6O6S2/c1-25(2)18-31(39-45)33(42)30(20-27-12-8-5-9-13-27)37-35(44)32(21-29-22-48-24-36-29)38-34(43)28(19-26-10-6-4-7-11-26)23-49(46,47)41-16-14-40(3)15-17-41/h4,6-7,10-11,22,24-25,27-28,30-33,42H,5,8-9,12-21,23H2,1-3H3,(H,37,44)(H,38,43). The number of thiazole rings is 1. The zero-order valence-corrected chi connectivity index (χ0v) is 30.7. The van der Waals surface area contributed by atoms with Crippen LogP contribution >= 0.6 is 11.3 Å². The van der Waals surface area contributed by atoms with E-state index >= 15 is 0 Å². The largest absolute Gasteiger partial charge is 0.389 e. The predicted octanol–water partition coefficient (Wildman–Crippen LogP) is 3.60. The molecule has 1 aliphatic heterocycles. The Labute approximate surface area is 295 Å². The number of nitrogens with zero attached hydrogens (tertiary/aromatic N) is 4. The molecular weight excluding hydrogens is 665 g/mol. The van der Waals surface area contributed by atoms with Crippen LogP contribution in [0.1, 0.15) is 70.1 Å². The van der Waals surface area contributed by atoms with E-state index in [0.29, 0.717) is 44.7 Å². The fourth-order valence-corrected chi connectivity index (χ4v) is 9.22. The summed E-state index contributed by atoms with van der Waals surface area (Å²) in [6, 6.07) is 6.53. The van der Waals surface area contributed by atoms with Gasteiger partial charge >= 0.3 is 0 Å². The molecule has 272 valence electrons. The number of hydrogen-bond donors (Lipinski definition) is 3. The molecule has 0 spiro atoms. The van der Waals surface area contributed by atoms with Crippen LogP contribution in [0, 0.1) is 22.7 Å². The van der Waals surface area contributed by atoms with Crippen molar-refractivity contribution in [2.45, 2.75) is 95.9 Å². The average Bonchev–Trinajstić information content (AvgIpc) is 3.60. The van der Waals surface area contributed by atoms with Crippen molar-refractivity contribution >= 4 is 33.2 Å². The Hall–Kier alpha value is -2.78. The number of aliphatic hydroxyl groups is 1. The van der Waals surface area contributed by atoms with Gasteiger partial charge < -0.3 is 20.6 Å². The highest BCUT2D eigenvalue weighted by molar-refractivity contribution is 7.89. The fourth-order valence-electron chi connectivity index (χ4n) is 6.94. The maximum atomic E-state index is 14.1. The molecule has 3 N–H and O–H groups in total. The summed E-state index contributed by atoms with van der Waals surface area (Å²) in [4.78, 5) is 46.5. The number of carbonyl (C=O) groups excluding carboxylic acids is 2. The lowest BCUT2D eigenvalue weighted by atomic mass is 9.82. The summed E-state index contributed by atoms with van der Waals surface area (Å²) in [5.74, 6) is -2.03. The van der Waals surface area contributed by atoms with Gasteiger partial charge in [-0.1, -0.05) is 81.5 Å². The number of aromatic nitrogens is 1. The number of nitroso groups, excluding NO2 is 1. The van der Waals surface area contributed by atoms with Crippen LogP contribution in [0.5, 0.6) is 0 Å². The molecule has 2 fully saturated rings. The summed E-state index contributed by atoms with van der Waals surface area (Å²) >= 11 is 1.37. The lowest BCUT2D eigenvalue weighted by Gasteiger charge is -2.34. The van der Waals surface area contributed by atoms with E-state index in [-0.39, 0.29) is 24.7 Å². The minimum atomic E-state index is -3.78. The van der Waals surface area contributed by atoms with Crippen LogP contribution in [0.2, 0.25) is 0 Å². The third kappa shape index (κ3) is 12.2. The molecule has 1 saturated carbocycles. The maximum Gasteiger partial charge on any atom is 0.243 e. The monoisotopic (exact) mass is 718 g/mol. The van der Waals surface area contributed by atoms with Gasteiger partial charge in [0.05, 0.1) is 35.0 Å². The number of hydrogen-bond acceptors (Lipinski definition) is 10. The van der Waals surface area contributed by atoms with E-state index in [1.54, 1.807) is 10.9 Å². The molecule has 0 radical (unpaired) electrons. The van der Waals surface area contributed by atoms with Gasteiger partial charge in [0.15, 0.2) is 0 Å². The van der Waals surface area contributed by atoms with Crippen LogP contribution in [-0.4, -0.2) is 103 Å². The van der Waals surface area contributed by atoms with E-state index in [1.165, 1.54) is 15.6 Å². The van der Waals surface area contributed by atoms with Crippen molar-refractivity contribution in [1.82, 2.24) is 24.8 Å². The molecule has 5 unspecified atom stereocenters. The number of piperazine rings is 1. The highest BCUT2D eigenvalue weighted by atomic mass is 32.2. The second kappa shape index (κ2) is 19.0. The van der Waals surface area contributed by atoms with Crippen LogP contribution < -0.4 is 10.6 Å². The van der Waals surface area contributed by atoms with E-state index in [2.05, 4.69) is 25.7 Å². The summed E-state index contributed by atoms with van der Waals surface area (Å²) in [5, 5.41) is 22.4. The van der Waals surface area contributed by atoms with E-state index in [0.717, 1.165) is 37.7 Å². The molecule has 4 rings (SSSR count). The lowest BCUT2D eigenvalue weighted by molar-refractivity contribution is -0.131. The highest BCUT2D eigenvalue weighted by Gasteiger charge is 2.37. The molecule has 1 saturated heterocycles. The van der Waals surface area contributed by atoms with Gasteiger partial charge in [0.2, 0.25) is 21.8 Å². The minimum absolute atomic E-state index is 0.0813.